The van der Waals surface area contributed by atoms with Crippen LogP contribution in [0.15, 0.2) is 30.3 Å². The van der Waals surface area contributed by atoms with Gasteiger partial charge in [-0.2, -0.15) is 0 Å². The van der Waals surface area contributed by atoms with Crippen LogP contribution in [-0.2, 0) is 30.4 Å². The topological polar surface area (TPSA) is 155 Å². The molecule has 1 aliphatic rings. The van der Waals surface area contributed by atoms with Crippen molar-refractivity contribution in [3.8, 4) is 0 Å². The number of likely N-dealkylation sites (tertiary alicyclic amines) is 1. The molecular formula is C29H45N5O7. The minimum atomic E-state index is -0.951. The molecule has 228 valence electrons. The Bertz CT molecular complexity index is 1050. The molecule has 1 saturated heterocycles. The minimum absolute atomic E-state index is 0.00379. The van der Waals surface area contributed by atoms with E-state index in [1.807, 2.05) is 30.3 Å². The maximum absolute atomic E-state index is 13.3. The average Bonchev–Trinajstić information content (AvgIpc) is 3.35. The van der Waals surface area contributed by atoms with Crippen molar-refractivity contribution in [2.45, 2.75) is 97.1 Å². The van der Waals surface area contributed by atoms with E-state index < -0.39 is 47.3 Å². The van der Waals surface area contributed by atoms with E-state index in [1.165, 1.54) is 4.90 Å². The molecule has 1 aliphatic heterocycles. The molecule has 0 aromatic heterocycles. The molecule has 1 heterocycles. The molecule has 12 heteroatoms. The summed E-state index contributed by atoms with van der Waals surface area (Å²) in [7, 11) is 0. The highest BCUT2D eigenvalue weighted by Gasteiger charge is 2.35. The lowest BCUT2D eigenvalue weighted by Crippen LogP contribution is -2.54. The Morgan fingerprint density at radius 3 is 2.05 bits per heavy atom. The third-order valence-electron chi connectivity index (χ3n) is 5.93. The maximum atomic E-state index is 13.3. The number of nitrogens with one attached hydrogen (secondary N) is 4. The van der Waals surface area contributed by atoms with Gasteiger partial charge in [-0.1, -0.05) is 30.3 Å². The van der Waals surface area contributed by atoms with Crippen LogP contribution < -0.4 is 21.3 Å². The highest BCUT2D eigenvalue weighted by atomic mass is 16.6. The summed E-state index contributed by atoms with van der Waals surface area (Å²) in [5.41, 5.74) is -0.435. The molecule has 0 bridgehead atoms. The molecule has 0 radical (unpaired) electrons. The number of amides is 5. The molecule has 2 rings (SSSR count). The number of rotatable bonds is 11. The van der Waals surface area contributed by atoms with Gasteiger partial charge < -0.3 is 35.6 Å². The van der Waals surface area contributed by atoms with Gasteiger partial charge in [0.05, 0.1) is 0 Å². The Hall–Kier alpha value is -3.83. The predicted octanol–water partition coefficient (Wildman–Crippen LogP) is 2.61. The van der Waals surface area contributed by atoms with Gasteiger partial charge in [0.2, 0.25) is 17.7 Å². The number of nitrogens with zero attached hydrogens (tertiary/aromatic N) is 1. The van der Waals surface area contributed by atoms with Crippen LogP contribution in [0.2, 0.25) is 0 Å². The molecule has 5 amide bonds. The molecule has 1 fully saturated rings. The Kier molecular flexibility index (Phi) is 12.4. The van der Waals surface area contributed by atoms with E-state index in [4.69, 9.17) is 9.47 Å². The number of alkyl carbamates (subject to hydrolysis) is 2. The molecule has 0 saturated carbocycles. The summed E-state index contributed by atoms with van der Waals surface area (Å²) >= 11 is 0. The van der Waals surface area contributed by atoms with Gasteiger partial charge in [0.1, 0.15) is 23.3 Å². The van der Waals surface area contributed by atoms with E-state index in [0.717, 1.165) is 5.56 Å². The highest BCUT2D eigenvalue weighted by Crippen LogP contribution is 2.19. The monoisotopic (exact) mass is 575 g/mol. The van der Waals surface area contributed by atoms with E-state index in [9.17, 15) is 24.0 Å². The van der Waals surface area contributed by atoms with E-state index in [1.54, 1.807) is 41.5 Å². The zero-order chi connectivity index (χ0) is 30.6. The summed E-state index contributed by atoms with van der Waals surface area (Å²) in [6, 6.07) is 7.65. The first-order chi connectivity index (χ1) is 19.1. The van der Waals surface area contributed by atoms with Crippen LogP contribution in [0.1, 0.15) is 72.8 Å². The average molecular weight is 576 g/mol. The number of benzene rings is 1. The van der Waals surface area contributed by atoms with Crippen molar-refractivity contribution in [2.75, 3.05) is 19.6 Å². The fourth-order valence-electron chi connectivity index (χ4n) is 4.14. The first-order valence-corrected chi connectivity index (χ1v) is 14.0. The van der Waals surface area contributed by atoms with Gasteiger partial charge >= 0.3 is 12.2 Å². The van der Waals surface area contributed by atoms with Crippen molar-refractivity contribution in [1.29, 1.82) is 0 Å². The van der Waals surface area contributed by atoms with Gasteiger partial charge in [-0.25, -0.2) is 9.59 Å². The third-order valence-corrected chi connectivity index (χ3v) is 5.93. The molecule has 0 unspecified atom stereocenters. The molecule has 2 atom stereocenters. The van der Waals surface area contributed by atoms with Crippen molar-refractivity contribution < 1.29 is 33.4 Å². The molecule has 1 aromatic carbocycles. The summed E-state index contributed by atoms with van der Waals surface area (Å²) in [5.74, 6) is -1.14. The zero-order valence-electron chi connectivity index (χ0n) is 25.0. The smallest absolute Gasteiger partial charge is 0.407 e. The molecule has 12 nitrogen and oxygen atoms in total. The lowest BCUT2D eigenvalue weighted by Gasteiger charge is -2.27. The Morgan fingerprint density at radius 1 is 0.878 bits per heavy atom. The van der Waals surface area contributed by atoms with Gasteiger partial charge in [-0.3, -0.25) is 14.4 Å². The van der Waals surface area contributed by atoms with Crippen molar-refractivity contribution in [3.63, 3.8) is 0 Å². The largest absolute Gasteiger partial charge is 0.444 e. The normalized spacial score (nSPS) is 15.9. The number of carbonyl (C=O) groups is 5. The summed E-state index contributed by atoms with van der Waals surface area (Å²) in [6.07, 6.45) is -0.0410. The number of hydrogen-bond acceptors (Lipinski definition) is 7. The lowest BCUT2D eigenvalue weighted by molar-refractivity contribution is -0.139. The Balaban J connectivity index is 1.98. The molecule has 41 heavy (non-hydrogen) atoms. The van der Waals surface area contributed by atoms with E-state index in [-0.39, 0.29) is 38.4 Å². The Morgan fingerprint density at radius 2 is 1.46 bits per heavy atom. The molecule has 4 N–H and O–H groups in total. The molecule has 0 spiro atoms. The highest BCUT2D eigenvalue weighted by molar-refractivity contribution is 5.92. The number of carbonyl (C=O) groups excluding carboxylic acids is 5. The SMILES string of the molecule is CC(C)(C)OC(=O)NCCC(=O)N1CCC[C@H]1C(=O)N[C@@H](CCNC(=O)OC(C)(C)C)C(=O)NCc1ccccc1. The van der Waals surface area contributed by atoms with Crippen LogP contribution in [0.3, 0.4) is 0 Å². The van der Waals surface area contributed by atoms with Crippen molar-refractivity contribution in [2.24, 2.45) is 0 Å². The Labute approximate surface area is 242 Å². The summed E-state index contributed by atoms with van der Waals surface area (Å²) in [6.45, 7) is 11.3. The maximum Gasteiger partial charge on any atom is 0.407 e. The zero-order valence-corrected chi connectivity index (χ0v) is 25.0. The van der Waals surface area contributed by atoms with Gasteiger partial charge in [0.15, 0.2) is 0 Å². The van der Waals surface area contributed by atoms with Crippen LogP contribution in [0, 0.1) is 0 Å². The van der Waals surface area contributed by atoms with Gasteiger partial charge in [0.25, 0.3) is 0 Å². The third kappa shape index (κ3) is 12.9. The summed E-state index contributed by atoms with van der Waals surface area (Å²) in [4.78, 5) is 64.7. The first kappa shape index (κ1) is 33.4. The summed E-state index contributed by atoms with van der Waals surface area (Å²) < 4.78 is 10.4. The van der Waals surface area contributed by atoms with Crippen LogP contribution in [0.5, 0.6) is 0 Å². The molecular weight excluding hydrogens is 530 g/mol. The first-order valence-electron chi connectivity index (χ1n) is 14.0. The van der Waals surface area contributed by atoms with Crippen LogP contribution in [0.25, 0.3) is 0 Å². The molecule has 1 aromatic rings. The summed E-state index contributed by atoms with van der Waals surface area (Å²) in [5, 5.41) is 10.8. The van der Waals surface area contributed by atoms with Gasteiger partial charge in [-0.05, 0) is 66.4 Å². The van der Waals surface area contributed by atoms with Crippen molar-refractivity contribution in [3.05, 3.63) is 35.9 Å². The predicted molar refractivity (Wildman–Crippen MR) is 153 cm³/mol. The van der Waals surface area contributed by atoms with E-state index >= 15 is 0 Å². The van der Waals surface area contributed by atoms with Crippen LogP contribution >= 0.6 is 0 Å². The van der Waals surface area contributed by atoms with E-state index in [2.05, 4.69) is 21.3 Å². The number of hydrogen-bond donors (Lipinski definition) is 4. The second kappa shape index (κ2) is 15.2. The quantitative estimate of drug-likeness (QED) is 0.316. The van der Waals surface area contributed by atoms with Gasteiger partial charge in [-0.15, -0.1) is 0 Å². The molecule has 0 aliphatic carbocycles. The second-order valence-corrected chi connectivity index (χ2v) is 11.9. The van der Waals surface area contributed by atoms with Crippen molar-refractivity contribution >= 4 is 29.9 Å². The fourth-order valence-corrected chi connectivity index (χ4v) is 4.14. The van der Waals surface area contributed by atoms with E-state index in [0.29, 0.717) is 19.4 Å². The fraction of sp³-hybridized carbons (Fsp3) is 0.621. The van der Waals surface area contributed by atoms with Gasteiger partial charge in [0, 0.05) is 32.6 Å². The van der Waals surface area contributed by atoms with Crippen molar-refractivity contribution in [1.82, 2.24) is 26.2 Å². The van der Waals surface area contributed by atoms with Crippen LogP contribution in [-0.4, -0.2) is 77.7 Å². The second-order valence-electron chi connectivity index (χ2n) is 11.9. The standard InChI is InChI=1S/C29H45N5O7/c1-28(2,3)40-26(38)30-16-14-21(24(36)32-19-20-11-8-7-9-12-20)33-25(37)22-13-10-18-34(22)23(35)15-17-31-27(39)41-29(4,5)6/h7-9,11-12,21-22H,10,13-19H2,1-6H3,(H,30,38)(H,31,39)(H,32,36)(H,33,37)/t21-,22-/m0/s1. The lowest BCUT2D eigenvalue weighted by atomic mass is 10.1. The minimum Gasteiger partial charge on any atom is -0.444 e. The number of ether oxygens (including phenoxy) is 2. The van der Waals surface area contributed by atoms with Crippen LogP contribution in [0.4, 0.5) is 9.59 Å².